The fourth-order valence-electron chi connectivity index (χ4n) is 1.88. The van der Waals surface area contributed by atoms with Crippen molar-refractivity contribution in [3.05, 3.63) is 27.7 Å². The molecule has 1 aromatic rings. The van der Waals surface area contributed by atoms with Crippen molar-refractivity contribution >= 4 is 15.5 Å². The third-order valence-corrected chi connectivity index (χ3v) is 4.26. The van der Waals surface area contributed by atoms with E-state index in [1.165, 1.54) is 10.6 Å². The molecule has 0 saturated heterocycles. The second-order valence-corrected chi connectivity index (χ2v) is 5.96. The summed E-state index contributed by atoms with van der Waals surface area (Å²) in [5.74, 6) is 0.0951. The summed E-state index contributed by atoms with van der Waals surface area (Å²) in [6.45, 7) is 0. The number of anilines is 1. The molecule has 0 aromatic carbocycles. The lowest BCUT2D eigenvalue weighted by Crippen LogP contribution is -2.30. The molecule has 0 fully saturated rings. The molecule has 2 N–H and O–H groups in total. The molecule has 0 unspecified atom stereocenters. The highest BCUT2D eigenvalue weighted by molar-refractivity contribution is 7.90. The van der Waals surface area contributed by atoms with E-state index < -0.39 is 9.84 Å². The Kier molecular flexibility index (Phi) is 2.11. The lowest BCUT2D eigenvalue weighted by molar-refractivity contribution is 0.588. The van der Waals surface area contributed by atoms with Gasteiger partial charge in [-0.2, -0.15) is 0 Å². The normalized spacial score (nSPS) is 18.5. The first-order valence-corrected chi connectivity index (χ1v) is 6.40. The van der Waals surface area contributed by atoms with Crippen molar-refractivity contribution in [2.24, 2.45) is 7.05 Å². The molecule has 2 rings (SSSR count). The number of sulfone groups is 1. The van der Waals surface area contributed by atoms with Crippen LogP contribution < -0.4 is 11.3 Å². The number of hydrogen-bond donors (Lipinski definition) is 1. The van der Waals surface area contributed by atoms with Gasteiger partial charge in [0, 0.05) is 19.2 Å². The molecular formula is C9H12N2O3S. The number of rotatable bonds is 0. The minimum atomic E-state index is -3.01. The highest BCUT2D eigenvalue weighted by Crippen LogP contribution is 2.20. The van der Waals surface area contributed by atoms with Crippen LogP contribution in [0.3, 0.4) is 0 Å². The first-order valence-electron chi connectivity index (χ1n) is 4.58. The molecule has 0 spiro atoms. The van der Waals surface area contributed by atoms with Crippen LogP contribution in [0.5, 0.6) is 0 Å². The minimum Gasteiger partial charge on any atom is -0.394 e. The predicted octanol–water partition coefficient (Wildman–Crippen LogP) is -0.562. The number of hydrogen-bond acceptors (Lipinski definition) is 4. The highest BCUT2D eigenvalue weighted by atomic mass is 32.2. The molecule has 1 aromatic heterocycles. The summed E-state index contributed by atoms with van der Waals surface area (Å²) < 4.78 is 24.2. The van der Waals surface area contributed by atoms with Crippen molar-refractivity contribution in [2.75, 3.05) is 11.5 Å². The fourth-order valence-corrected chi connectivity index (χ4v) is 3.25. The number of nitrogen functional groups attached to an aromatic ring is 1. The second kappa shape index (κ2) is 3.10. The first kappa shape index (κ1) is 10.2. The molecule has 0 bridgehead atoms. The first-order chi connectivity index (χ1) is 6.91. The number of aromatic nitrogens is 1. The lowest BCUT2D eigenvalue weighted by atomic mass is 10.1. The topological polar surface area (TPSA) is 82.2 Å². The van der Waals surface area contributed by atoms with Crippen molar-refractivity contribution in [3.8, 4) is 0 Å². The van der Waals surface area contributed by atoms with E-state index >= 15 is 0 Å². The van der Waals surface area contributed by atoms with Crippen LogP contribution in [0.2, 0.25) is 0 Å². The predicted molar refractivity (Wildman–Crippen MR) is 57.3 cm³/mol. The number of fused-ring (bicyclic) bond motifs is 1. The van der Waals surface area contributed by atoms with Gasteiger partial charge in [0.1, 0.15) is 0 Å². The van der Waals surface area contributed by atoms with Gasteiger partial charge in [-0.15, -0.1) is 0 Å². The van der Waals surface area contributed by atoms with E-state index in [0.717, 1.165) is 5.69 Å². The minimum absolute atomic E-state index is 0.0132. The molecular weight excluding hydrogens is 216 g/mol. The zero-order valence-electron chi connectivity index (χ0n) is 8.36. The lowest BCUT2D eigenvalue weighted by Gasteiger charge is -2.19. The van der Waals surface area contributed by atoms with Crippen molar-refractivity contribution < 1.29 is 8.42 Å². The van der Waals surface area contributed by atoms with Gasteiger partial charge in [0.25, 0.3) is 5.56 Å². The zero-order chi connectivity index (χ0) is 11.2. The van der Waals surface area contributed by atoms with Crippen LogP contribution >= 0.6 is 0 Å². The van der Waals surface area contributed by atoms with E-state index in [0.29, 0.717) is 12.0 Å². The molecule has 5 nitrogen and oxygen atoms in total. The van der Waals surface area contributed by atoms with E-state index in [2.05, 4.69) is 0 Å². The van der Waals surface area contributed by atoms with Gasteiger partial charge in [-0.1, -0.05) is 0 Å². The number of nitrogens with zero attached hydrogens (tertiary/aromatic N) is 1. The molecule has 82 valence electrons. The summed E-state index contributed by atoms with van der Waals surface area (Å²) in [6.07, 6.45) is 0.393. The van der Waals surface area contributed by atoms with Gasteiger partial charge >= 0.3 is 0 Å². The van der Waals surface area contributed by atoms with Crippen LogP contribution in [0.4, 0.5) is 5.69 Å². The Balaban J connectivity index is 2.69. The van der Waals surface area contributed by atoms with Gasteiger partial charge in [-0.25, -0.2) is 8.42 Å². The van der Waals surface area contributed by atoms with Gasteiger partial charge in [-0.05, 0) is 11.6 Å². The van der Waals surface area contributed by atoms with E-state index in [4.69, 9.17) is 5.73 Å². The Labute approximate surface area is 87.4 Å². The van der Waals surface area contributed by atoms with Crippen molar-refractivity contribution in [2.45, 2.75) is 12.2 Å². The molecule has 0 radical (unpaired) electrons. The van der Waals surface area contributed by atoms with Gasteiger partial charge in [0.2, 0.25) is 0 Å². The monoisotopic (exact) mass is 228 g/mol. The summed E-state index contributed by atoms with van der Waals surface area (Å²) in [5.41, 5.74) is 6.79. The summed E-state index contributed by atoms with van der Waals surface area (Å²) in [7, 11) is -1.39. The Hall–Kier alpha value is -1.30. The van der Waals surface area contributed by atoms with Crippen LogP contribution in [0, 0.1) is 0 Å². The van der Waals surface area contributed by atoms with E-state index in [1.807, 2.05) is 0 Å². The summed E-state index contributed by atoms with van der Waals surface area (Å²) in [4.78, 5) is 11.5. The quantitative estimate of drug-likeness (QED) is 0.645. The molecule has 1 aliphatic rings. The van der Waals surface area contributed by atoms with Crippen molar-refractivity contribution in [1.82, 2.24) is 4.57 Å². The van der Waals surface area contributed by atoms with E-state index in [9.17, 15) is 13.2 Å². The van der Waals surface area contributed by atoms with Crippen molar-refractivity contribution in [1.29, 1.82) is 0 Å². The molecule has 0 amide bonds. The Bertz CT molecular complexity index is 572. The van der Waals surface area contributed by atoms with Gasteiger partial charge in [0.15, 0.2) is 9.84 Å². The standard InChI is InChI=1S/C9H12N2O3S/c1-11-8-2-3-15(13,14)5-6(8)4-7(10)9(11)12/h4H,2-3,5,10H2,1H3. The molecule has 0 aliphatic carbocycles. The summed E-state index contributed by atoms with van der Waals surface area (Å²) in [6, 6.07) is 1.48. The third kappa shape index (κ3) is 1.65. The smallest absolute Gasteiger partial charge is 0.273 e. The second-order valence-electron chi connectivity index (χ2n) is 3.78. The van der Waals surface area contributed by atoms with Gasteiger partial charge in [0.05, 0.1) is 17.2 Å². The van der Waals surface area contributed by atoms with Crippen molar-refractivity contribution in [3.63, 3.8) is 0 Å². The summed E-state index contributed by atoms with van der Waals surface area (Å²) in [5, 5.41) is 0. The average molecular weight is 228 g/mol. The van der Waals surface area contributed by atoms with E-state index in [-0.39, 0.29) is 22.8 Å². The van der Waals surface area contributed by atoms with Gasteiger partial charge < -0.3 is 10.3 Å². The maximum Gasteiger partial charge on any atom is 0.273 e. The van der Waals surface area contributed by atoms with Crippen LogP contribution in [0.1, 0.15) is 11.3 Å². The Morgan fingerprint density at radius 3 is 2.80 bits per heavy atom. The van der Waals surface area contributed by atoms with Crippen LogP contribution in [-0.2, 0) is 29.1 Å². The summed E-state index contributed by atoms with van der Waals surface area (Å²) >= 11 is 0. The largest absolute Gasteiger partial charge is 0.394 e. The molecule has 6 heteroatoms. The molecule has 15 heavy (non-hydrogen) atoms. The maximum atomic E-state index is 11.5. The fraction of sp³-hybridized carbons (Fsp3) is 0.444. The molecule has 0 saturated carbocycles. The number of nitrogens with two attached hydrogens (primary N) is 1. The van der Waals surface area contributed by atoms with Crippen LogP contribution in [0.15, 0.2) is 10.9 Å². The Morgan fingerprint density at radius 1 is 1.47 bits per heavy atom. The molecule has 2 heterocycles. The number of pyridine rings is 1. The highest BCUT2D eigenvalue weighted by Gasteiger charge is 2.23. The van der Waals surface area contributed by atoms with Crippen LogP contribution in [-0.4, -0.2) is 18.7 Å². The maximum absolute atomic E-state index is 11.5. The molecule has 1 aliphatic heterocycles. The SMILES string of the molecule is Cn1c2c(cc(N)c1=O)CS(=O)(=O)CC2. The van der Waals surface area contributed by atoms with Crippen LogP contribution in [0.25, 0.3) is 0 Å². The average Bonchev–Trinajstić information content (AvgIpc) is 2.12. The van der Waals surface area contributed by atoms with Gasteiger partial charge in [-0.3, -0.25) is 4.79 Å². The molecule has 0 atom stereocenters. The third-order valence-electron chi connectivity index (χ3n) is 2.68. The van der Waals surface area contributed by atoms with E-state index in [1.54, 1.807) is 7.05 Å². The Morgan fingerprint density at radius 2 is 2.13 bits per heavy atom. The zero-order valence-corrected chi connectivity index (χ0v) is 9.17.